The molecular formula is C57H68N10O21S6. The molecule has 0 aliphatic heterocycles. The second-order valence-electron chi connectivity index (χ2n) is 20.2. The quantitative estimate of drug-likeness (QED) is 0.00784. The van der Waals surface area contributed by atoms with Gasteiger partial charge in [0.25, 0.3) is 40.5 Å². The Morgan fingerprint density at radius 2 is 0.745 bits per heavy atom. The Hall–Kier alpha value is -7.95. The molecule has 6 aromatic rings. The molecule has 0 bridgehead atoms. The predicted octanol–water partition coefficient (Wildman–Crippen LogP) is 14.8. The van der Waals surface area contributed by atoms with E-state index in [-0.39, 0.29) is 126 Å². The molecule has 0 saturated heterocycles. The average Bonchev–Trinajstić information content (AvgIpc) is 0.859. The van der Waals surface area contributed by atoms with Gasteiger partial charge in [-0.15, -0.1) is 20.5 Å². The molecule has 0 atom stereocenters. The molecule has 6 rings (SSSR count). The van der Waals surface area contributed by atoms with Crippen molar-refractivity contribution in [2.45, 2.75) is 76.0 Å². The van der Waals surface area contributed by atoms with Crippen LogP contribution in [0.1, 0.15) is 60.8 Å². The van der Waals surface area contributed by atoms with Crippen molar-refractivity contribution in [3.05, 3.63) is 107 Å². The smallest absolute Gasteiger partial charge is 0.323 e. The van der Waals surface area contributed by atoms with Crippen molar-refractivity contribution in [1.29, 1.82) is 0 Å². The van der Waals surface area contributed by atoms with Crippen LogP contribution in [0, 0.1) is 27.7 Å². The summed E-state index contributed by atoms with van der Waals surface area (Å²) in [6.45, 7) is 6.88. The minimum Gasteiger partial charge on any atom is -0.494 e. The summed E-state index contributed by atoms with van der Waals surface area (Å²) in [5.74, 6) is 0.536. The number of hydrogen-bond acceptors (Lipinski definition) is 27. The van der Waals surface area contributed by atoms with Crippen LogP contribution in [0.2, 0.25) is 0 Å². The van der Waals surface area contributed by atoms with E-state index in [0.29, 0.717) is 88.5 Å². The second kappa shape index (κ2) is 35.0. The van der Waals surface area contributed by atoms with E-state index in [0.717, 1.165) is 12.1 Å². The van der Waals surface area contributed by atoms with Gasteiger partial charge in [-0.2, -0.15) is 54.1 Å². The average molecular weight is 1420 g/mol. The molecule has 0 aliphatic rings. The molecular weight excluding hydrogens is 1350 g/mol. The van der Waals surface area contributed by atoms with Crippen LogP contribution in [0.5, 0.6) is 34.5 Å². The molecule has 0 unspecified atom stereocenters. The van der Waals surface area contributed by atoms with E-state index >= 15 is 0 Å². The van der Waals surface area contributed by atoms with E-state index in [1.54, 1.807) is 58.0 Å². The fourth-order valence-electron chi connectivity index (χ4n) is 8.25. The van der Waals surface area contributed by atoms with Gasteiger partial charge in [0.05, 0.1) is 86.3 Å². The Kier molecular flexibility index (Phi) is 27.9. The van der Waals surface area contributed by atoms with Gasteiger partial charge in [0, 0.05) is 47.9 Å². The first kappa shape index (κ1) is 75.1. The standard InChI is InChI=1S/C57H68N10O21S6/c1-35-25-47(51(83-5)31-43(35)64-66-49-27-37(3)45(33-53(49)87-17-7-9-21-89-69)62-61-42-16-14-40(30-56(42)94(80,81)82)86-20-12-24-92(74,75)76)58-57(68)59-48-26-36(2)44(32-52(48)84-6)65-67-50-28-38(4)46(34-54(50)88-18-8-10-23-91(71,72)73)63-60-41-15-13-39(85-19-11-22-90-70)29-55(41)93(77,78)79/h13-16,25-34,69-70H,7-12,17-24H2,1-6H3,(H2,58,59,68)(H,71,72,73)(H,74,75,76)(H,77,78,79)(H,80,81,82). The number of carbonyl (C=O) groups is 1. The molecule has 0 aromatic heterocycles. The third kappa shape index (κ3) is 23.8. The number of aryl methyl sites for hydroxylation is 4. The molecule has 2 amide bonds. The monoisotopic (exact) mass is 1420 g/mol. The van der Waals surface area contributed by atoms with Crippen molar-refractivity contribution in [3.8, 4) is 34.5 Å². The van der Waals surface area contributed by atoms with Gasteiger partial charge in [-0.05, 0) is 161 Å². The molecule has 0 fully saturated rings. The van der Waals surface area contributed by atoms with E-state index < -0.39 is 67.8 Å². The number of unbranched alkanes of at least 4 members (excludes halogenated alkanes) is 2. The lowest BCUT2D eigenvalue weighted by Gasteiger charge is -2.16. The topological polar surface area (TPSA) is 453 Å². The van der Waals surface area contributed by atoms with Crippen molar-refractivity contribution in [2.24, 2.45) is 40.9 Å². The minimum absolute atomic E-state index is 0.0321. The third-order valence-corrected chi connectivity index (χ3v) is 17.3. The van der Waals surface area contributed by atoms with Crippen molar-refractivity contribution in [3.63, 3.8) is 0 Å². The summed E-state index contributed by atoms with van der Waals surface area (Å²) in [6.07, 6.45) is 1.76. The van der Waals surface area contributed by atoms with Gasteiger partial charge in [-0.25, -0.2) is 4.79 Å². The number of amides is 2. The van der Waals surface area contributed by atoms with Gasteiger partial charge in [0.15, 0.2) is 0 Å². The number of anilines is 2. The highest BCUT2D eigenvalue weighted by atomic mass is 32.2. The van der Waals surface area contributed by atoms with Crippen LogP contribution in [0.15, 0.2) is 136 Å². The third-order valence-electron chi connectivity index (χ3n) is 13.0. The summed E-state index contributed by atoms with van der Waals surface area (Å²) in [4.78, 5) is 12.5. The molecule has 0 radical (unpaired) electrons. The Bertz CT molecular complexity index is 4280. The maximum atomic E-state index is 13.7. The van der Waals surface area contributed by atoms with Crippen molar-refractivity contribution in [2.75, 3.05) is 74.3 Å². The number of nitrogens with zero attached hydrogens (tertiary/aromatic N) is 8. The van der Waals surface area contributed by atoms with E-state index in [2.05, 4.69) is 51.5 Å². The number of methoxy groups -OCH3 is 2. The largest absolute Gasteiger partial charge is 0.494 e. The highest BCUT2D eigenvalue weighted by Crippen LogP contribution is 2.42. The maximum absolute atomic E-state index is 13.7. The van der Waals surface area contributed by atoms with Gasteiger partial charge < -0.3 is 48.2 Å². The molecule has 37 heteroatoms. The Morgan fingerprint density at radius 1 is 0.404 bits per heavy atom. The number of benzene rings is 6. The number of carbonyl (C=O) groups excluding carboxylic acids is 1. The molecule has 0 heterocycles. The van der Waals surface area contributed by atoms with E-state index in [9.17, 15) is 56.7 Å². The molecule has 6 aromatic carbocycles. The molecule has 0 spiro atoms. The highest BCUT2D eigenvalue weighted by molar-refractivity contribution is 7.93. The minimum atomic E-state index is -4.88. The summed E-state index contributed by atoms with van der Waals surface area (Å²) in [6, 6.07) is 19.1. The lowest BCUT2D eigenvalue weighted by atomic mass is 10.1. The van der Waals surface area contributed by atoms with Crippen LogP contribution in [-0.4, -0.2) is 131 Å². The van der Waals surface area contributed by atoms with Crippen molar-refractivity contribution >= 4 is 127 Å². The zero-order valence-corrected chi connectivity index (χ0v) is 56.2. The molecule has 508 valence electrons. The zero-order valence-electron chi connectivity index (χ0n) is 51.3. The lowest BCUT2D eigenvalue weighted by molar-refractivity contribution is 0.262. The van der Waals surface area contributed by atoms with Crippen LogP contribution in [-0.2, 0) is 40.5 Å². The van der Waals surface area contributed by atoms with Gasteiger partial charge >= 0.3 is 6.03 Å². The fourth-order valence-corrected chi connectivity index (χ4v) is 11.2. The molecule has 94 heavy (non-hydrogen) atoms. The first-order valence-corrected chi connectivity index (χ1v) is 36.1. The lowest BCUT2D eigenvalue weighted by Crippen LogP contribution is -2.20. The molecule has 31 nitrogen and oxygen atoms in total. The van der Waals surface area contributed by atoms with Gasteiger partial charge in [-0.3, -0.25) is 18.2 Å². The Balaban J connectivity index is 1.21. The van der Waals surface area contributed by atoms with Crippen LogP contribution >= 0.6 is 24.1 Å². The number of nitrogens with one attached hydrogen (secondary N) is 2. The normalized spacial score (nSPS) is 12.3. The first-order chi connectivity index (χ1) is 44.5. The van der Waals surface area contributed by atoms with E-state index in [4.69, 9.17) is 37.5 Å². The van der Waals surface area contributed by atoms with E-state index in [1.807, 2.05) is 0 Å². The number of azo groups is 4. The number of urea groups is 1. The number of ether oxygens (including phenoxy) is 6. The number of hydrogen-bond donors (Lipinski definition) is 8. The van der Waals surface area contributed by atoms with Gasteiger partial charge in [-0.1, -0.05) is 0 Å². The molecule has 0 saturated carbocycles. The SMILES string of the molecule is COc1cc(N=Nc2cc(C)c(N=Nc3ccc(OCCCS(=O)(=O)O)cc3S(=O)(=O)O)cc2OCCCCSO)c(C)cc1NC(=O)Nc1cc(C)c(N=Nc2cc(C)c(N=Nc3ccc(OCCCSO)cc3S(=O)(=O)O)cc2OCCCCS(=O)(=O)O)cc1OC. The summed E-state index contributed by atoms with van der Waals surface area (Å²) in [5, 5.41) is 40.1. The maximum Gasteiger partial charge on any atom is 0.323 e. The molecule has 0 aliphatic carbocycles. The van der Waals surface area contributed by atoms with Crippen LogP contribution in [0.25, 0.3) is 0 Å². The predicted molar refractivity (Wildman–Crippen MR) is 352 cm³/mol. The summed E-state index contributed by atoms with van der Waals surface area (Å²) in [7, 11) is -15.4. The number of rotatable bonds is 36. The van der Waals surface area contributed by atoms with Gasteiger partial charge in [0.1, 0.15) is 67.0 Å². The Labute approximate surface area is 551 Å². The highest BCUT2D eigenvalue weighted by Gasteiger charge is 2.22. The summed E-state index contributed by atoms with van der Waals surface area (Å²) < 4.78 is 185. The second-order valence-corrected chi connectivity index (χ2v) is 27.5. The zero-order chi connectivity index (χ0) is 68.8. The molecule has 8 N–H and O–H groups in total. The van der Waals surface area contributed by atoms with Crippen molar-refractivity contribution < 1.29 is 94.2 Å². The van der Waals surface area contributed by atoms with Crippen molar-refractivity contribution in [1.82, 2.24) is 0 Å². The van der Waals surface area contributed by atoms with Crippen LogP contribution in [0.3, 0.4) is 0 Å². The van der Waals surface area contributed by atoms with Crippen LogP contribution in [0.4, 0.5) is 61.7 Å². The summed E-state index contributed by atoms with van der Waals surface area (Å²) in [5.41, 5.74) is 3.51. The summed E-state index contributed by atoms with van der Waals surface area (Å²) >= 11 is 1.32. The van der Waals surface area contributed by atoms with Gasteiger partial charge in [0.2, 0.25) is 0 Å². The van der Waals surface area contributed by atoms with E-state index in [1.165, 1.54) is 56.7 Å². The first-order valence-electron chi connectivity index (χ1n) is 28.1. The fraction of sp³-hybridized carbons (Fsp3) is 0.351. The Morgan fingerprint density at radius 3 is 1.14 bits per heavy atom. The van der Waals surface area contributed by atoms with Crippen LogP contribution < -0.4 is 39.1 Å².